The van der Waals surface area contributed by atoms with E-state index >= 15 is 0 Å². The predicted octanol–water partition coefficient (Wildman–Crippen LogP) is 4.04. The molecule has 0 spiro atoms. The van der Waals surface area contributed by atoms with Crippen LogP contribution >= 0.6 is 27.7 Å². The van der Waals surface area contributed by atoms with Crippen molar-refractivity contribution in [1.82, 2.24) is 9.78 Å². The lowest BCUT2D eigenvalue weighted by atomic mass is 10.1. The Labute approximate surface area is 136 Å². The molecular weight excluding hydrogens is 352 g/mol. The van der Waals surface area contributed by atoms with Crippen molar-refractivity contribution in [1.29, 1.82) is 0 Å². The molecule has 0 radical (unpaired) electrons. The van der Waals surface area contributed by atoms with E-state index in [1.807, 2.05) is 30.8 Å². The molecule has 112 valence electrons. The normalized spacial score (nSPS) is 10.9. The first-order chi connectivity index (χ1) is 9.93. The average molecular weight is 369 g/mol. The quantitative estimate of drug-likeness (QED) is 0.808. The Kier molecular flexibility index (Phi) is 5.11. The van der Waals surface area contributed by atoms with Gasteiger partial charge in [-0.15, -0.1) is 11.8 Å². The molecule has 2 aromatic rings. The van der Waals surface area contributed by atoms with Gasteiger partial charge in [-0.2, -0.15) is 5.10 Å². The molecule has 1 aromatic carbocycles. The number of aromatic nitrogens is 2. The maximum absolute atomic E-state index is 11.2. The van der Waals surface area contributed by atoms with Gasteiger partial charge in [0.05, 0.1) is 21.4 Å². The van der Waals surface area contributed by atoms with Gasteiger partial charge >= 0.3 is 5.97 Å². The van der Waals surface area contributed by atoms with E-state index in [4.69, 9.17) is 5.11 Å². The number of rotatable bonds is 5. The Morgan fingerprint density at radius 1 is 1.48 bits per heavy atom. The minimum absolute atomic E-state index is 0.360. The molecule has 0 amide bonds. The number of hydrogen-bond acceptors (Lipinski definition) is 3. The zero-order valence-corrected chi connectivity index (χ0v) is 14.6. The molecule has 0 unspecified atom stereocenters. The van der Waals surface area contributed by atoms with E-state index in [1.54, 1.807) is 17.8 Å². The lowest BCUT2D eigenvalue weighted by Gasteiger charge is -2.06. The Morgan fingerprint density at radius 3 is 2.76 bits per heavy atom. The topological polar surface area (TPSA) is 55.1 Å². The van der Waals surface area contributed by atoms with Crippen molar-refractivity contribution in [2.24, 2.45) is 7.05 Å². The molecule has 1 heterocycles. The first-order valence-electron chi connectivity index (χ1n) is 6.61. The van der Waals surface area contributed by atoms with Crippen LogP contribution in [0.3, 0.4) is 0 Å². The van der Waals surface area contributed by atoms with Crippen molar-refractivity contribution in [2.75, 3.05) is 0 Å². The van der Waals surface area contributed by atoms with Crippen molar-refractivity contribution in [3.05, 3.63) is 45.2 Å². The molecule has 0 aliphatic heterocycles. The second-order valence-electron chi connectivity index (χ2n) is 4.76. The monoisotopic (exact) mass is 368 g/mol. The fraction of sp³-hybridized carbons (Fsp3) is 0.333. The lowest BCUT2D eigenvalue weighted by molar-refractivity contribution is 0.0696. The maximum Gasteiger partial charge on any atom is 0.335 e. The number of carboxylic acids is 1. The van der Waals surface area contributed by atoms with Crippen LogP contribution in [0, 0.1) is 6.92 Å². The fourth-order valence-corrected chi connectivity index (χ4v) is 3.99. The van der Waals surface area contributed by atoms with Gasteiger partial charge in [-0.1, -0.05) is 13.0 Å². The number of thioether (sulfide) groups is 1. The summed E-state index contributed by atoms with van der Waals surface area (Å²) < 4.78 is 2.92. The van der Waals surface area contributed by atoms with Crippen LogP contribution in [0.15, 0.2) is 27.6 Å². The molecule has 21 heavy (non-hydrogen) atoms. The van der Waals surface area contributed by atoms with E-state index in [2.05, 4.69) is 28.0 Å². The van der Waals surface area contributed by atoms with Crippen LogP contribution in [0.4, 0.5) is 0 Å². The summed E-state index contributed by atoms with van der Waals surface area (Å²) in [7, 11) is 1.93. The third-order valence-corrected chi connectivity index (χ3v) is 5.24. The summed E-state index contributed by atoms with van der Waals surface area (Å²) in [6.07, 6.45) is 0.882. The summed E-state index contributed by atoms with van der Waals surface area (Å²) >= 11 is 5.21. The number of aromatic carboxylic acids is 1. The zero-order chi connectivity index (χ0) is 15.6. The van der Waals surface area contributed by atoms with Crippen LogP contribution in [-0.2, 0) is 19.2 Å². The molecule has 0 aliphatic rings. The molecule has 1 aromatic heterocycles. The van der Waals surface area contributed by atoms with Gasteiger partial charge in [-0.25, -0.2) is 4.79 Å². The van der Waals surface area contributed by atoms with Crippen LogP contribution in [-0.4, -0.2) is 20.9 Å². The van der Waals surface area contributed by atoms with Gasteiger partial charge in [-0.05, 0) is 47.0 Å². The van der Waals surface area contributed by atoms with Gasteiger partial charge in [-0.3, -0.25) is 4.68 Å². The van der Waals surface area contributed by atoms with Crippen molar-refractivity contribution in [3.8, 4) is 0 Å². The molecule has 0 saturated heterocycles. The van der Waals surface area contributed by atoms with Crippen molar-refractivity contribution in [2.45, 2.75) is 30.9 Å². The summed E-state index contributed by atoms with van der Waals surface area (Å²) in [6, 6.07) is 5.53. The minimum Gasteiger partial charge on any atom is -0.478 e. The lowest BCUT2D eigenvalue weighted by Crippen LogP contribution is -2.00. The van der Waals surface area contributed by atoms with Gasteiger partial charge in [0, 0.05) is 17.7 Å². The number of carbonyl (C=O) groups is 1. The Bertz CT molecular complexity index is 683. The summed E-state index contributed by atoms with van der Waals surface area (Å²) in [4.78, 5) is 12.1. The molecular formula is C15H17BrN2O2S. The number of carboxylic acid groups (broad SMARTS) is 1. The Hall–Kier alpha value is -1.27. The van der Waals surface area contributed by atoms with Gasteiger partial charge in [0.2, 0.25) is 0 Å². The SMILES string of the molecule is CCc1nn(C)c(CSc2ccc(C)c(C(=O)O)c2)c1Br. The van der Waals surface area contributed by atoms with Gasteiger partial charge in [0.25, 0.3) is 0 Å². The molecule has 0 atom stereocenters. The largest absolute Gasteiger partial charge is 0.478 e. The smallest absolute Gasteiger partial charge is 0.335 e. The highest BCUT2D eigenvalue weighted by molar-refractivity contribution is 9.10. The molecule has 1 N–H and O–H groups in total. The first-order valence-corrected chi connectivity index (χ1v) is 8.38. The highest BCUT2D eigenvalue weighted by atomic mass is 79.9. The molecule has 0 saturated carbocycles. The van der Waals surface area contributed by atoms with E-state index in [9.17, 15) is 4.79 Å². The molecule has 2 rings (SSSR count). The van der Waals surface area contributed by atoms with E-state index in [-0.39, 0.29) is 0 Å². The molecule has 4 nitrogen and oxygen atoms in total. The standard InChI is InChI=1S/C15H17BrN2O2S/c1-4-12-14(16)13(18(3)17-12)8-21-10-6-5-9(2)11(7-10)15(19)20/h5-7H,4,8H2,1-3H3,(H,19,20). The third-order valence-electron chi connectivity index (χ3n) is 3.32. The second-order valence-corrected chi connectivity index (χ2v) is 6.60. The maximum atomic E-state index is 11.2. The van der Waals surface area contributed by atoms with Crippen LogP contribution in [0.25, 0.3) is 0 Å². The van der Waals surface area contributed by atoms with E-state index in [1.165, 1.54) is 0 Å². The Balaban J connectivity index is 2.19. The molecule has 6 heteroatoms. The fourth-order valence-electron chi connectivity index (χ4n) is 2.05. The first kappa shape index (κ1) is 16.1. The molecule has 0 aliphatic carbocycles. The van der Waals surface area contributed by atoms with Gasteiger partial charge in [0.1, 0.15) is 0 Å². The van der Waals surface area contributed by atoms with Crippen molar-refractivity contribution >= 4 is 33.7 Å². The van der Waals surface area contributed by atoms with E-state index in [0.29, 0.717) is 5.56 Å². The van der Waals surface area contributed by atoms with Crippen molar-refractivity contribution in [3.63, 3.8) is 0 Å². The number of hydrogen-bond donors (Lipinski definition) is 1. The zero-order valence-electron chi connectivity index (χ0n) is 12.2. The Morgan fingerprint density at radius 2 is 2.19 bits per heavy atom. The molecule has 0 bridgehead atoms. The summed E-state index contributed by atoms with van der Waals surface area (Å²) in [5.41, 5.74) is 3.29. The number of nitrogens with zero attached hydrogens (tertiary/aromatic N) is 2. The van der Waals surface area contributed by atoms with Crippen molar-refractivity contribution < 1.29 is 9.90 Å². The van der Waals surface area contributed by atoms with Crippen LogP contribution < -0.4 is 0 Å². The second kappa shape index (κ2) is 6.66. The highest BCUT2D eigenvalue weighted by Crippen LogP contribution is 2.30. The summed E-state index contributed by atoms with van der Waals surface area (Å²) in [5.74, 6) is -0.142. The summed E-state index contributed by atoms with van der Waals surface area (Å²) in [5, 5.41) is 13.6. The van der Waals surface area contributed by atoms with E-state index < -0.39 is 5.97 Å². The average Bonchev–Trinajstić information content (AvgIpc) is 2.72. The molecule has 0 fully saturated rings. The number of benzene rings is 1. The van der Waals surface area contributed by atoms with Crippen LogP contribution in [0.5, 0.6) is 0 Å². The highest BCUT2D eigenvalue weighted by Gasteiger charge is 2.13. The van der Waals surface area contributed by atoms with Gasteiger partial charge in [0.15, 0.2) is 0 Å². The third kappa shape index (κ3) is 3.49. The van der Waals surface area contributed by atoms with Crippen LogP contribution in [0.2, 0.25) is 0 Å². The minimum atomic E-state index is -0.884. The number of halogens is 1. The summed E-state index contributed by atoms with van der Waals surface area (Å²) in [6.45, 7) is 3.88. The predicted molar refractivity (Wildman–Crippen MR) is 88.0 cm³/mol. The van der Waals surface area contributed by atoms with Crippen LogP contribution in [0.1, 0.15) is 34.2 Å². The van der Waals surface area contributed by atoms with Gasteiger partial charge < -0.3 is 5.11 Å². The van der Waals surface area contributed by atoms with E-state index in [0.717, 1.165) is 38.5 Å². The number of aryl methyl sites for hydroxylation is 3.